The summed E-state index contributed by atoms with van der Waals surface area (Å²) < 4.78 is 22.2. The highest BCUT2D eigenvalue weighted by molar-refractivity contribution is 4.85. The zero-order valence-corrected chi connectivity index (χ0v) is 13.6. The lowest BCUT2D eigenvalue weighted by atomic mass is 10.0. The molecule has 2 heterocycles. The maximum absolute atomic E-state index is 10.3. The molecule has 8 heteroatoms. The first-order chi connectivity index (χ1) is 10.9. The Bertz CT molecular complexity index is 352. The van der Waals surface area contributed by atoms with Crippen molar-refractivity contribution >= 4 is 0 Å². The van der Waals surface area contributed by atoms with E-state index in [1.165, 1.54) is 0 Å². The third kappa shape index (κ3) is 5.33. The summed E-state index contributed by atoms with van der Waals surface area (Å²) in [5, 5.41) is 38.5. The van der Waals surface area contributed by atoms with Crippen molar-refractivity contribution in [3.63, 3.8) is 0 Å². The van der Waals surface area contributed by atoms with E-state index in [0.29, 0.717) is 6.42 Å². The van der Waals surface area contributed by atoms with Crippen LogP contribution in [0.5, 0.6) is 0 Å². The van der Waals surface area contributed by atoms with E-state index in [1.807, 2.05) is 13.8 Å². The van der Waals surface area contributed by atoms with Crippen LogP contribution in [0.4, 0.5) is 0 Å². The molecule has 2 saturated heterocycles. The molecule has 0 aromatic rings. The predicted molar refractivity (Wildman–Crippen MR) is 78.5 cm³/mol. The van der Waals surface area contributed by atoms with E-state index in [1.54, 1.807) is 0 Å². The molecule has 0 aliphatic carbocycles. The summed E-state index contributed by atoms with van der Waals surface area (Å²) in [6, 6.07) is 0. The smallest absolute Gasteiger partial charge is 0.161 e. The molecule has 2 aliphatic rings. The Kier molecular flexibility index (Phi) is 7.18. The first-order valence-corrected chi connectivity index (χ1v) is 8.12. The number of aliphatic hydroxyl groups is 4. The highest BCUT2D eigenvalue weighted by Crippen LogP contribution is 2.28. The molecule has 4 N–H and O–H groups in total. The monoisotopic (exact) mass is 336 g/mol. The maximum atomic E-state index is 10.3. The summed E-state index contributed by atoms with van der Waals surface area (Å²) >= 11 is 0. The van der Waals surface area contributed by atoms with Crippen LogP contribution >= 0.6 is 0 Å². The molecule has 0 saturated carbocycles. The Labute approximate surface area is 135 Å². The molecule has 2 aliphatic heterocycles. The minimum atomic E-state index is -0.995. The normalized spacial score (nSPS) is 42.1. The molecule has 7 atom stereocenters. The standard InChI is InChI=1S/C15H28O8/c1-8(2)20-15-11(18)5-14(23-12(15)7-17)22-9-3-10(6-16)21-13(19)4-9/h8-19H,3-7H2,1-2H3/t9?,10?,11?,12?,13?,14-,15-/m0/s1. The van der Waals surface area contributed by atoms with Crippen LogP contribution in [0, 0.1) is 0 Å². The predicted octanol–water partition coefficient (Wildman–Crippen LogP) is -0.877. The largest absolute Gasteiger partial charge is 0.394 e. The van der Waals surface area contributed by atoms with Gasteiger partial charge in [0.05, 0.1) is 37.6 Å². The zero-order valence-electron chi connectivity index (χ0n) is 13.6. The lowest BCUT2D eigenvalue weighted by Gasteiger charge is -2.41. The molecule has 2 fully saturated rings. The lowest BCUT2D eigenvalue weighted by Crippen LogP contribution is -2.53. The average Bonchev–Trinajstić information content (AvgIpc) is 2.48. The Morgan fingerprint density at radius 1 is 1.04 bits per heavy atom. The molecule has 5 unspecified atom stereocenters. The van der Waals surface area contributed by atoms with Gasteiger partial charge in [-0.1, -0.05) is 0 Å². The van der Waals surface area contributed by atoms with Crippen LogP contribution in [0.2, 0.25) is 0 Å². The Morgan fingerprint density at radius 3 is 2.39 bits per heavy atom. The van der Waals surface area contributed by atoms with Crippen molar-refractivity contribution in [2.75, 3.05) is 13.2 Å². The highest BCUT2D eigenvalue weighted by atomic mass is 16.7. The van der Waals surface area contributed by atoms with Gasteiger partial charge in [-0.15, -0.1) is 0 Å². The number of ether oxygens (including phenoxy) is 4. The zero-order chi connectivity index (χ0) is 17.0. The summed E-state index contributed by atoms with van der Waals surface area (Å²) in [5.74, 6) is 0. The van der Waals surface area contributed by atoms with Crippen LogP contribution in [0.15, 0.2) is 0 Å². The van der Waals surface area contributed by atoms with Crippen LogP contribution in [-0.2, 0) is 18.9 Å². The summed E-state index contributed by atoms with van der Waals surface area (Å²) in [7, 11) is 0. The number of rotatable bonds is 6. The first-order valence-electron chi connectivity index (χ1n) is 8.12. The van der Waals surface area contributed by atoms with Crippen molar-refractivity contribution < 1.29 is 39.4 Å². The van der Waals surface area contributed by atoms with Crippen molar-refractivity contribution in [2.45, 2.75) is 82.3 Å². The van der Waals surface area contributed by atoms with E-state index < -0.39 is 37.0 Å². The van der Waals surface area contributed by atoms with Gasteiger partial charge in [0.15, 0.2) is 12.6 Å². The highest BCUT2D eigenvalue weighted by Gasteiger charge is 2.41. The molecule has 23 heavy (non-hydrogen) atoms. The third-order valence-corrected chi connectivity index (χ3v) is 4.00. The molecule has 0 amide bonds. The van der Waals surface area contributed by atoms with Crippen molar-refractivity contribution in [3.05, 3.63) is 0 Å². The quantitative estimate of drug-likeness (QED) is 0.494. The Balaban J connectivity index is 1.91. The van der Waals surface area contributed by atoms with Crippen LogP contribution in [0.1, 0.15) is 33.1 Å². The van der Waals surface area contributed by atoms with Gasteiger partial charge in [0, 0.05) is 19.3 Å². The second-order valence-electron chi connectivity index (χ2n) is 6.36. The van der Waals surface area contributed by atoms with Gasteiger partial charge >= 0.3 is 0 Å². The van der Waals surface area contributed by atoms with Crippen LogP contribution in [-0.4, -0.2) is 82.8 Å². The second-order valence-corrected chi connectivity index (χ2v) is 6.36. The Morgan fingerprint density at radius 2 is 1.78 bits per heavy atom. The molecule has 0 aromatic heterocycles. The van der Waals surface area contributed by atoms with E-state index in [4.69, 9.17) is 24.1 Å². The SMILES string of the molecule is CC(C)O[C@H]1C(O)C[C@@H](OC2CC(O)OC(CO)C2)OC1CO. The summed E-state index contributed by atoms with van der Waals surface area (Å²) in [6.07, 6.45) is -3.82. The summed E-state index contributed by atoms with van der Waals surface area (Å²) in [6.45, 7) is 3.21. The minimum absolute atomic E-state index is 0.0966. The van der Waals surface area contributed by atoms with Gasteiger partial charge in [0.2, 0.25) is 0 Å². The van der Waals surface area contributed by atoms with Crippen LogP contribution in [0.25, 0.3) is 0 Å². The van der Waals surface area contributed by atoms with E-state index in [0.717, 1.165) is 0 Å². The fourth-order valence-corrected chi connectivity index (χ4v) is 3.03. The number of hydrogen-bond acceptors (Lipinski definition) is 8. The molecule has 8 nitrogen and oxygen atoms in total. The van der Waals surface area contributed by atoms with Crippen molar-refractivity contribution in [2.24, 2.45) is 0 Å². The summed E-state index contributed by atoms with van der Waals surface area (Å²) in [5.41, 5.74) is 0. The van der Waals surface area contributed by atoms with Gasteiger partial charge in [0.25, 0.3) is 0 Å². The van der Waals surface area contributed by atoms with Crippen LogP contribution < -0.4 is 0 Å². The number of hydrogen-bond donors (Lipinski definition) is 4. The molecular formula is C15H28O8. The van der Waals surface area contributed by atoms with Gasteiger partial charge < -0.3 is 39.4 Å². The van der Waals surface area contributed by atoms with Crippen molar-refractivity contribution in [1.82, 2.24) is 0 Å². The average molecular weight is 336 g/mol. The minimum Gasteiger partial charge on any atom is -0.394 e. The van der Waals surface area contributed by atoms with Gasteiger partial charge in [-0.3, -0.25) is 0 Å². The maximum Gasteiger partial charge on any atom is 0.161 e. The van der Waals surface area contributed by atoms with E-state index >= 15 is 0 Å². The number of aliphatic hydroxyl groups excluding tert-OH is 4. The van der Waals surface area contributed by atoms with Gasteiger partial charge in [0.1, 0.15) is 12.2 Å². The molecule has 0 spiro atoms. The van der Waals surface area contributed by atoms with Gasteiger partial charge in [-0.05, 0) is 13.8 Å². The van der Waals surface area contributed by atoms with Gasteiger partial charge in [-0.2, -0.15) is 0 Å². The van der Waals surface area contributed by atoms with Crippen molar-refractivity contribution in [3.8, 4) is 0 Å². The molecule has 0 radical (unpaired) electrons. The fourth-order valence-electron chi connectivity index (χ4n) is 3.03. The molecular weight excluding hydrogens is 308 g/mol. The fraction of sp³-hybridized carbons (Fsp3) is 1.00. The Hall–Kier alpha value is -0.320. The molecule has 0 bridgehead atoms. The molecule has 0 aromatic carbocycles. The first kappa shape index (κ1) is 19.0. The van der Waals surface area contributed by atoms with E-state index in [2.05, 4.69) is 0 Å². The third-order valence-electron chi connectivity index (χ3n) is 4.00. The van der Waals surface area contributed by atoms with E-state index in [9.17, 15) is 15.3 Å². The molecule has 136 valence electrons. The van der Waals surface area contributed by atoms with E-state index in [-0.39, 0.29) is 38.3 Å². The van der Waals surface area contributed by atoms with Gasteiger partial charge in [-0.25, -0.2) is 0 Å². The topological polar surface area (TPSA) is 118 Å². The van der Waals surface area contributed by atoms with Crippen LogP contribution in [0.3, 0.4) is 0 Å². The van der Waals surface area contributed by atoms with Crippen molar-refractivity contribution in [1.29, 1.82) is 0 Å². The lowest BCUT2D eigenvalue weighted by molar-refractivity contribution is -0.297. The summed E-state index contributed by atoms with van der Waals surface area (Å²) in [4.78, 5) is 0. The second kappa shape index (κ2) is 8.68. The molecule has 2 rings (SSSR count).